The first-order valence-corrected chi connectivity index (χ1v) is 4.91. The van der Waals surface area contributed by atoms with Gasteiger partial charge in [-0.2, -0.15) is 0 Å². The summed E-state index contributed by atoms with van der Waals surface area (Å²) in [5.74, 6) is -0.116. The fourth-order valence-electron chi connectivity index (χ4n) is 1.72. The van der Waals surface area contributed by atoms with Crippen LogP contribution in [-0.4, -0.2) is 30.2 Å². The molecule has 1 aromatic carbocycles. The molecular formula is C11H13N3O. The summed E-state index contributed by atoms with van der Waals surface area (Å²) in [6.45, 7) is 1.16. The normalized spacial score (nSPS) is 19.9. The molecular weight excluding hydrogens is 190 g/mol. The van der Waals surface area contributed by atoms with Crippen LogP contribution >= 0.6 is 0 Å². The van der Waals surface area contributed by atoms with Gasteiger partial charge in [0, 0.05) is 13.1 Å². The van der Waals surface area contributed by atoms with Crippen LogP contribution in [0.4, 0.5) is 0 Å². The van der Waals surface area contributed by atoms with Crippen LogP contribution in [0, 0.1) is 0 Å². The number of nitrogens with two attached hydrogens (primary N) is 1. The van der Waals surface area contributed by atoms with Gasteiger partial charge in [-0.1, -0.05) is 30.3 Å². The van der Waals surface area contributed by atoms with Crippen LogP contribution in [0.1, 0.15) is 11.6 Å². The van der Waals surface area contributed by atoms with Crippen LogP contribution in [0.2, 0.25) is 0 Å². The first-order chi connectivity index (χ1) is 7.33. The molecule has 0 spiro atoms. The van der Waals surface area contributed by atoms with E-state index in [1.807, 2.05) is 35.2 Å². The zero-order valence-electron chi connectivity index (χ0n) is 8.34. The van der Waals surface area contributed by atoms with Crippen molar-refractivity contribution in [2.45, 2.75) is 6.04 Å². The molecule has 1 aliphatic heterocycles. The fourth-order valence-corrected chi connectivity index (χ4v) is 1.72. The standard InChI is InChI=1S/C11H13N3O/c12-6-7-14-8-13-11(15)10(14)9-4-2-1-3-5-9/h1-5,8,10H,6-7,12H2. The highest BCUT2D eigenvalue weighted by atomic mass is 16.2. The number of amides is 1. The topological polar surface area (TPSA) is 58.7 Å². The van der Waals surface area contributed by atoms with Crippen molar-refractivity contribution in [3.63, 3.8) is 0 Å². The molecule has 2 rings (SSSR count). The molecule has 2 N–H and O–H groups in total. The van der Waals surface area contributed by atoms with E-state index in [4.69, 9.17) is 5.73 Å². The van der Waals surface area contributed by atoms with Gasteiger partial charge in [0.15, 0.2) is 0 Å². The molecule has 0 saturated heterocycles. The van der Waals surface area contributed by atoms with Crippen molar-refractivity contribution in [1.82, 2.24) is 4.90 Å². The molecule has 0 fully saturated rings. The Kier molecular flexibility index (Phi) is 2.78. The number of hydrogen-bond acceptors (Lipinski definition) is 3. The maximum atomic E-state index is 11.6. The second kappa shape index (κ2) is 4.23. The molecule has 0 aromatic heterocycles. The van der Waals surface area contributed by atoms with E-state index in [1.165, 1.54) is 0 Å². The van der Waals surface area contributed by atoms with Crippen LogP contribution in [-0.2, 0) is 4.79 Å². The van der Waals surface area contributed by atoms with Crippen LogP contribution < -0.4 is 5.73 Å². The van der Waals surface area contributed by atoms with Crippen molar-refractivity contribution >= 4 is 12.2 Å². The van der Waals surface area contributed by atoms with Gasteiger partial charge in [0.05, 0.1) is 6.34 Å². The lowest BCUT2D eigenvalue weighted by Gasteiger charge is -2.21. The third-order valence-corrected chi connectivity index (χ3v) is 2.40. The number of hydrogen-bond donors (Lipinski definition) is 1. The first-order valence-electron chi connectivity index (χ1n) is 4.91. The van der Waals surface area contributed by atoms with Crippen molar-refractivity contribution in [3.05, 3.63) is 35.9 Å². The highest BCUT2D eigenvalue weighted by molar-refractivity contribution is 5.95. The van der Waals surface area contributed by atoms with Gasteiger partial charge in [-0.25, -0.2) is 4.99 Å². The number of carbonyl (C=O) groups is 1. The van der Waals surface area contributed by atoms with E-state index in [0.717, 1.165) is 5.56 Å². The summed E-state index contributed by atoms with van der Waals surface area (Å²) in [6.07, 6.45) is 1.58. The fraction of sp³-hybridized carbons (Fsp3) is 0.273. The highest BCUT2D eigenvalue weighted by Gasteiger charge is 2.29. The first kappa shape index (κ1) is 9.86. The van der Waals surface area contributed by atoms with Crippen LogP contribution in [0.15, 0.2) is 35.3 Å². The average Bonchev–Trinajstić information content (AvgIpc) is 2.62. The lowest BCUT2D eigenvalue weighted by molar-refractivity contribution is -0.120. The number of benzene rings is 1. The SMILES string of the molecule is NCCN1C=NC(=O)C1c1ccccc1. The summed E-state index contributed by atoms with van der Waals surface area (Å²) in [7, 11) is 0. The van der Waals surface area contributed by atoms with Crippen LogP contribution in [0.25, 0.3) is 0 Å². The van der Waals surface area contributed by atoms with Crippen molar-refractivity contribution in [2.24, 2.45) is 10.7 Å². The molecule has 0 bridgehead atoms. The Morgan fingerprint density at radius 2 is 2.07 bits per heavy atom. The van der Waals surface area contributed by atoms with Crippen molar-refractivity contribution in [2.75, 3.05) is 13.1 Å². The smallest absolute Gasteiger partial charge is 0.274 e. The molecule has 1 aromatic rings. The van der Waals surface area contributed by atoms with Crippen LogP contribution in [0.3, 0.4) is 0 Å². The summed E-state index contributed by atoms with van der Waals surface area (Å²) in [5, 5.41) is 0. The molecule has 4 nitrogen and oxygen atoms in total. The number of nitrogens with zero attached hydrogens (tertiary/aromatic N) is 2. The van der Waals surface area contributed by atoms with Gasteiger partial charge in [0.1, 0.15) is 6.04 Å². The monoisotopic (exact) mass is 203 g/mol. The number of rotatable bonds is 3. The molecule has 0 radical (unpaired) electrons. The van der Waals surface area contributed by atoms with Crippen molar-refractivity contribution in [1.29, 1.82) is 0 Å². The van der Waals surface area contributed by atoms with Gasteiger partial charge in [-0.15, -0.1) is 0 Å². The molecule has 15 heavy (non-hydrogen) atoms. The zero-order chi connectivity index (χ0) is 10.7. The Morgan fingerprint density at radius 1 is 1.33 bits per heavy atom. The summed E-state index contributed by atoms with van der Waals surface area (Å²) in [4.78, 5) is 17.3. The second-order valence-electron chi connectivity index (χ2n) is 3.42. The number of aliphatic imine (C=N–C) groups is 1. The van der Waals surface area contributed by atoms with E-state index in [9.17, 15) is 4.79 Å². The Hall–Kier alpha value is -1.68. The Balaban J connectivity index is 2.24. The Bertz CT molecular complexity index is 375. The predicted octanol–water partition coefficient (Wildman–Crippen LogP) is 0.557. The summed E-state index contributed by atoms with van der Waals surface area (Å²) in [6, 6.07) is 9.34. The van der Waals surface area contributed by atoms with Crippen molar-refractivity contribution < 1.29 is 4.79 Å². The summed E-state index contributed by atoms with van der Waals surface area (Å²) in [5.41, 5.74) is 6.45. The predicted molar refractivity (Wildman–Crippen MR) is 58.4 cm³/mol. The lowest BCUT2D eigenvalue weighted by atomic mass is 10.1. The van der Waals surface area contributed by atoms with Gasteiger partial charge in [0.2, 0.25) is 0 Å². The lowest BCUT2D eigenvalue weighted by Crippen LogP contribution is -2.31. The molecule has 0 aliphatic carbocycles. The van der Waals surface area contributed by atoms with E-state index in [-0.39, 0.29) is 11.9 Å². The maximum Gasteiger partial charge on any atom is 0.274 e. The third kappa shape index (κ3) is 1.89. The molecule has 1 atom stereocenters. The maximum absolute atomic E-state index is 11.6. The minimum absolute atomic E-state index is 0.116. The van der Waals surface area contributed by atoms with E-state index < -0.39 is 0 Å². The largest absolute Gasteiger partial charge is 0.345 e. The molecule has 0 saturated carbocycles. The Labute approximate surface area is 88.4 Å². The van der Waals surface area contributed by atoms with E-state index in [1.54, 1.807) is 6.34 Å². The molecule has 78 valence electrons. The van der Waals surface area contributed by atoms with Gasteiger partial charge < -0.3 is 10.6 Å². The van der Waals surface area contributed by atoms with Crippen molar-refractivity contribution in [3.8, 4) is 0 Å². The quantitative estimate of drug-likeness (QED) is 0.780. The third-order valence-electron chi connectivity index (χ3n) is 2.40. The summed E-state index contributed by atoms with van der Waals surface area (Å²) >= 11 is 0. The Morgan fingerprint density at radius 3 is 2.73 bits per heavy atom. The van der Waals surface area contributed by atoms with E-state index in [2.05, 4.69) is 4.99 Å². The van der Waals surface area contributed by atoms with E-state index >= 15 is 0 Å². The van der Waals surface area contributed by atoms with Gasteiger partial charge >= 0.3 is 0 Å². The van der Waals surface area contributed by atoms with Gasteiger partial charge in [-0.05, 0) is 5.56 Å². The minimum Gasteiger partial charge on any atom is -0.345 e. The van der Waals surface area contributed by atoms with Crippen LogP contribution in [0.5, 0.6) is 0 Å². The average molecular weight is 203 g/mol. The number of carbonyl (C=O) groups excluding carboxylic acids is 1. The molecule has 1 unspecified atom stereocenters. The molecule has 1 amide bonds. The highest BCUT2D eigenvalue weighted by Crippen LogP contribution is 2.24. The van der Waals surface area contributed by atoms with Gasteiger partial charge in [0.25, 0.3) is 5.91 Å². The second-order valence-corrected chi connectivity index (χ2v) is 3.42. The molecule has 1 heterocycles. The molecule has 4 heteroatoms. The molecule has 1 aliphatic rings. The summed E-state index contributed by atoms with van der Waals surface area (Å²) < 4.78 is 0. The minimum atomic E-state index is -0.283. The van der Waals surface area contributed by atoms with E-state index in [0.29, 0.717) is 13.1 Å². The zero-order valence-corrected chi connectivity index (χ0v) is 8.34. The van der Waals surface area contributed by atoms with Gasteiger partial charge in [-0.3, -0.25) is 4.79 Å².